The summed E-state index contributed by atoms with van der Waals surface area (Å²) in [6, 6.07) is 0. The van der Waals surface area contributed by atoms with Crippen LogP contribution in [0.2, 0.25) is 0 Å². The molecule has 1 aliphatic heterocycles. The van der Waals surface area contributed by atoms with Crippen molar-refractivity contribution in [2.24, 2.45) is 0 Å². The molecule has 1 rings (SSSR count). The number of nitrogens with one attached hydrogen (secondary N) is 1. The Morgan fingerprint density at radius 2 is 2.12 bits per heavy atom. The van der Waals surface area contributed by atoms with E-state index in [4.69, 9.17) is 0 Å². The summed E-state index contributed by atoms with van der Waals surface area (Å²) in [4.78, 5) is 0.0486. The summed E-state index contributed by atoms with van der Waals surface area (Å²) in [6.07, 6.45) is -0.681. The van der Waals surface area contributed by atoms with Gasteiger partial charge in [0.05, 0.1) is 4.83 Å². The molecule has 1 nitrogen and oxygen atoms in total. The van der Waals surface area contributed by atoms with Gasteiger partial charge in [-0.05, 0) is 0 Å². The van der Waals surface area contributed by atoms with Crippen molar-refractivity contribution in [3.8, 4) is 0 Å². The maximum atomic E-state index is 12.2. The molecule has 1 N–H and O–H groups in total. The van der Waals surface area contributed by atoms with Crippen LogP contribution in [-0.2, 0) is 0 Å². The molecule has 0 saturated carbocycles. The topological polar surface area (TPSA) is 12.0 Å². The van der Waals surface area contributed by atoms with Crippen LogP contribution in [0.15, 0.2) is 0 Å². The molecule has 50 valence electrons. The van der Waals surface area contributed by atoms with Crippen molar-refractivity contribution in [1.29, 1.82) is 0 Å². The zero-order valence-corrected chi connectivity index (χ0v) is 6.64. The van der Waals surface area contributed by atoms with E-state index in [0.717, 1.165) is 6.54 Å². The fraction of sp³-hybridized carbons (Fsp3) is 1.00. The van der Waals surface area contributed by atoms with Crippen LogP contribution in [0.3, 0.4) is 0 Å². The van der Waals surface area contributed by atoms with Gasteiger partial charge in [-0.25, -0.2) is 4.39 Å². The van der Waals surface area contributed by atoms with Gasteiger partial charge in [0.1, 0.15) is 6.17 Å². The number of hydrogen-bond donors (Lipinski definition) is 1. The van der Waals surface area contributed by atoms with E-state index < -0.39 is 6.17 Å². The summed E-state index contributed by atoms with van der Waals surface area (Å²) in [6.45, 7) is 1.27. The molecule has 0 spiro atoms. The first kappa shape index (κ1) is 8.66. The molecule has 1 saturated heterocycles. The Bertz CT molecular complexity index is 65.1. The average Bonchev–Trinajstić information content (AvgIpc) is 1.91. The summed E-state index contributed by atoms with van der Waals surface area (Å²) < 4.78 is 12.2. The lowest BCUT2D eigenvalue weighted by Gasteiger charge is -1.97. The fourth-order valence-electron chi connectivity index (χ4n) is 0.615. The van der Waals surface area contributed by atoms with Crippen LogP contribution < -0.4 is 5.32 Å². The van der Waals surface area contributed by atoms with Gasteiger partial charge in [-0.15, -0.1) is 12.4 Å². The van der Waals surface area contributed by atoms with Crippen molar-refractivity contribution >= 4 is 28.3 Å². The fourth-order valence-corrected chi connectivity index (χ4v) is 1.03. The molecule has 1 heterocycles. The molecule has 0 amide bonds. The average molecular weight is 204 g/mol. The van der Waals surface area contributed by atoms with Crippen molar-refractivity contribution in [3.05, 3.63) is 0 Å². The molecule has 0 aromatic rings. The maximum absolute atomic E-state index is 12.2. The van der Waals surface area contributed by atoms with Gasteiger partial charge in [0, 0.05) is 13.1 Å². The van der Waals surface area contributed by atoms with Crippen LogP contribution in [0.25, 0.3) is 0 Å². The molecular formula is C4H8BrClFN. The van der Waals surface area contributed by atoms with E-state index in [1.165, 1.54) is 0 Å². The Hall–Kier alpha value is 0.660. The lowest BCUT2D eigenvalue weighted by molar-refractivity contribution is 0.370. The van der Waals surface area contributed by atoms with Crippen LogP contribution in [0.5, 0.6) is 0 Å². The molecule has 0 aromatic carbocycles. The van der Waals surface area contributed by atoms with Crippen molar-refractivity contribution in [2.45, 2.75) is 11.0 Å². The summed E-state index contributed by atoms with van der Waals surface area (Å²) in [5.41, 5.74) is 0. The van der Waals surface area contributed by atoms with Crippen LogP contribution >= 0.6 is 28.3 Å². The number of rotatable bonds is 0. The Balaban J connectivity index is 0.000000490. The normalized spacial score (nSPS) is 36.8. The summed E-state index contributed by atoms with van der Waals surface area (Å²) in [5.74, 6) is 0. The van der Waals surface area contributed by atoms with Crippen molar-refractivity contribution in [2.75, 3.05) is 13.1 Å². The second kappa shape index (κ2) is 3.64. The van der Waals surface area contributed by atoms with Gasteiger partial charge in [0.2, 0.25) is 0 Å². The standard InChI is InChI=1S/C4H7BrFN.ClH/c5-3-1-7-2-4(3)6;/h3-4,7H,1-2H2;1H/t3-,4+;/m0./s1. The van der Waals surface area contributed by atoms with E-state index in [9.17, 15) is 4.39 Å². The minimum atomic E-state index is -0.681. The molecule has 0 bridgehead atoms. The van der Waals surface area contributed by atoms with Gasteiger partial charge in [-0.3, -0.25) is 0 Å². The Labute approximate surface area is 62.6 Å². The Morgan fingerprint density at radius 1 is 1.50 bits per heavy atom. The molecule has 4 heteroatoms. The Morgan fingerprint density at radius 3 is 2.25 bits per heavy atom. The van der Waals surface area contributed by atoms with E-state index in [2.05, 4.69) is 21.2 Å². The molecule has 0 radical (unpaired) electrons. The third-order valence-corrected chi connectivity index (χ3v) is 1.97. The molecule has 0 unspecified atom stereocenters. The van der Waals surface area contributed by atoms with Crippen LogP contribution in [0, 0.1) is 0 Å². The zero-order chi connectivity index (χ0) is 5.28. The minimum Gasteiger partial charge on any atom is -0.313 e. The summed E-state index contributed by atoms with van der Waals surface area (Å²) in [7, 11) is 0. The van der Waals surface area contributed by atoms with Gasteiger partial charge in [-0.1, -0.05) is 15.9 Å². The molecule has 2 atom stereocenters. The second-order valence-electron chi connectivity index (χ2n) is 1.69. The zero-order valence-electron chi connectivity index (χ0n) is 4.23. The highest BCUT2D eigenvalue weighted by molar-refractivity contribution is 9.09. The number of hydrogen-bond acceptors (Lipinski definition) is 1. The highest BCUT2D eigenvalue weighted by Crippen LogP contribution is 2.12. The van der Waals surface area contributed by atoms with Crippen molar-refractivity contribution in [3.63, 3.8) is 0 Å². The summed E-state index contributed by atoms with van der Waals surface area (Å²) in [5, 5.41) is 2.90. The molecule has 8 heavy (non-hydrogen) atoms. The molecular weight excluding hydrogens is 196 g/mol. The van der Waals surface area contributed by atoms with E-state index in [1.807, 2.05) is 0 Å². The van der Waals surface area contributed by atoms with Gasteiger partial charge < -0.3 is 5.32 Å². The Kier molecular flexibility index (Phi) is 3.94. The van der Waals surface area contributed by atoms with Crippen LogP contribution in [-0.4, -0.2) is 24.1 Å². The second-order valence-corrected chi connectivity index (χ2v) is 2.87. The van der Waals surface area contributed by atoms with Crippen molar-refractivity contribution in [1.82, 2.24) is 5.32 Å². The largest absolute Gasteiger partial charge is 0.313 e. The SMILES string of the molecule is Cl.F[C@@H]1CNC[C@@H]1Br. The first-order valence-electron chi connectivity index (χ1n) is 2.29. The van der Waals surface area contributed by atoms with Gasteiger partial charge in [0.15, 0.2) is 0 Å². The highest BCUT2D eigenvalue weighted by Gasteiger charge is 2.22. The van der Waals surface area contributed by atoms with Crippen molar-refractivity contribution < 1.29 is 4.39 Å². The molecule has 0 aromatic heterocycles. The molecule has 1 fully saturated rings. The third kappa shape index (κ3) is 1.88. The van der Waals surface area contributed by atoms with E-state index in [-0.39, 0.29) is 17.2 Å². The molecule has 1 aliphatic rings. The smallest absolute Gasteiger partial charge is 0.126 e. The highest BCUT2D eigenvalue weighted by atomic mass is 79.9. The molecule has 0 aliphatic carbocycles. The number of alkyl halides is 2. The van der Waals surface area contributed by atoms with E-state index in [1.54, 1.807) is 0 Å². The number of halogens is 3. The first-order valence-corrected chi connectivity index (χ1v) is 3.21. The van der Waals surface area contributed by atoms with Gasteiger partial charge in [0.25, 0.3) is 0 Å². The van der Waals surface area contributed by atoms with Gasteiger partial charge in [-0.2, -0.15) is 0 Å². The van der Waals surface area contributed by atoms with Crippen LogP contribution in [0.1, 0.15) is 0 Å². The predicted molar refractivity (Wildman–Crippen MR) is 37.7 cm³/mol. The lowest BCUT2D eigenvalue weighted by Crippen LogP contribution is -2.10. The van der Waals surface area contributed by atoms with E-state index >= 15 is 0 Å². The van der Waals surface area contributed by atoms with Crippen LogP contribution in [0.4, 0.5) is 4.39 Å². The van der Waals surface area contributed by atoms with Gasteiger partial charge >= 0.3 is 0 Å². The summed E-state index contributed by atoms with van der Waals surface area (Å²) >= 11 is 3.17. The minimum absolute atomic E-state index is 0. The third-order valence-electron chi connectivity index (χ3n) is 1.07. The first-order chi connectivity index (χ1) is 3.30. The lowest BCUT2D eigenvalue weighted by atomic mass is 10.3. The monoisotopic (exact) mass is 203 g/mol. The maximum Gasteiger partial charge on any atom is 0.126 e. The predicted octanol–water partition coefficient (Wildman–Crippen LogP) is 1.11. The quantitative estimate of drug-likeness (QED) is 0.583. The van der Waals surface area contributed by atoms with E-state index in [0.29, 0.717) is 6.54 Å².